The smallest absolute Gasteiger partial charge is 0.421 e. The fourth-order valence-electron chi connectivity index (χ4n) is 4.76. The Balaban J connectivity index is 1.33. The van der Waals surface area contributed by atoms with Crippen molar-refractivity contribution in [3.63, 3.8) is 0 Å². The monoisotopic (exact) mass is 544 g/mol. The molecule has 2 aliphatic heterocycles. The number of amides is 1. The highest BCUT2D eigenvalue weighted by Crippen LogP contribution is 2.26. The second kappa shape index (κ2) is 13.5. The van der Waals surface area contributed by atoms with Crippen molar-refractivity contribution in [1.29, 1.82) is 0 Å². The summed E-state index contributed by atoms with van der Waals surface area (Å²) in [5.41, 5.74) is 3.81. The first-order chi connectivity index (χ1) is 19.6. The fourth-order valence-corrected chi connectivity index (χ4v) is 4.76. The van der Waals surface area contributed by atoms with E-state index in [4.69, 9.17) is 23.9 Å². The van der Waals surface area contributed by atoms with Crippen LogP contribution in [0.3, 0.4) is 0 Å². The minimum absolute atomic E-state index is 0.283. The largest absolute Gasteiger partial charge is 0.492 e. The molecule has 0 saturated carbocycles. The van der Waals surface area contributed by atoms with Crippen LogP contribution in [0.4, 0.5) is 10.6 Å². The number of benzene rings is 2. The van der Waals surface area contributed by atoms with Gasteiger partial charge in [-0.3, -0.25) is 9.80 Å². The third-order valence-electron chi connectivity index (χ3n) is 6.97. The van der Waals surface area contributed by atoms with Gasteiger partial charge in [-0.2, -0.15) is 0 Å². The molecular formula is C31H36N4O5. The zero-order valence-electron chi connectivity index (χ0n) is 23.2. The zero-order valence-corrected chi connectivity index (χ0v) is 23.2. The average molecular weight is 545 g/mol. The molecule has 210 valence electrons. The lowest BCUT2D eigenvalue weighted by Gasteiger charge is -2.26. The minimum atomic E-state index is -0.499. The van der Waals surface area contributed by atoms with Crippen LogP contribution in [-0.2, 0) is 22.5 Å². The summed E-state index contributed by atoms with van der Waals surface area (Å²) in [6.07, 6.45) is 5.47. The van der Waals surface area contributed by atoms with E-state index in [2.05, 4.69) is 16.0 Å². The molecule has 1 aromatic heterocycles. The molecule has 9 heteroatoms. The van der Waals surface area contributed by atoms with Gasteiger partial charge in [0.15, 0.2) is 0 Å². The Morgan fingerprint density at radius 3 is 2.67 bits per heavy atom. The van der Waals surface area contributed by atoms with Gasteiger partial charge in [-0.05, 0) is 48.7 Å². The Kier molecular flexibility index (Phi) is 9.38. The van der Waals surface area contributed by atoms with Crippen molar-refractivity contribution in [3.05, 3.63) is 88.9 Å². The predicted molar refractivity (Wildman–Crippen MR) is 152 cm³/mol. The molecule has 1 amide bonds. The summed E-state index contributed by atoms with van der Waals surface area (Å²) < 4.78 is 23.4. The summed E-state index contributed by atoms with van der Waals surface area (Å²) in [5.74, 6) is 2.47. The van der Waals surface area contributed by atoms with E-state index < -0.39 is 6.09 Å². The van der Waals surface area contributed by atoms with Gasteiger partial charge in [0.1, 0.15) is 29.7 Å². The van der Waals surface area contributed by atoms with E-state index >= 15 is 0 Å². The molecule has 3 aromatic rings. The molecule has 2 aromatic carbocycles. The third kappa shape index (κ3) is 7.24. The lowest BCUT2D eigenvalue weighted by Crippen LogP contribution is -2.38. The molecule has 4 bridgehead atoms. The SMILES string of the molecule is Cc1cccc(C)c1OC(=O)N1C/C=C\COCc2cc(ccc2OCCN2CCOCC2)Cc2nccc1n2. The summed E-state index contributed by atoms with van der Waals surface area (Å²) in [5, 5.41) is 0. The van der Waals surface area contributed by atoms with Crippen molar-refractivity contribution in [2.45, 2.75) is 26.9 Å². The minimum Gasteiger partial charge on any atom is -0.492 e. The number of ether oxygens (including phenoxy) is 4. The third-order valence-corrected chi connectivity index (χ3v) is 6.97. The maximum Gasteiger partial charge on any atom is 0.421 e. The summed E-state index contributed by atoms with van der Waals surface area (Å²) in [6, 6.07) is 13.6. The number of aryl methyl sites for hydroxylation is 2. The molecule has 40 heavy (non-hydrogen) atoms. The Labute approximate surface area is 235 Å². The molecule has 0 spiro atoms. The van der Waals surface area contributed by atoms with Crippen LogP contribution in [0.25, 0.3) is 0 Å². The number of carbonyl (C=O) groups is 1. The number of hydrogen-bond donors (Lipinski definition) is 0. The number of carbonyl (C=O) groups excluding carboxylic acids is 1. The van der Waals surface area contributed by atoms with Crippen molar-refractivity contribution < 1.29 is 23.7 Å². The maximum atomic E-state index is 13.3. The lowest BCUT2D eigenvalue weighted by molar-refractivity contribution is 0.0320. The quantitative estimate of drug-likeness (QED) is 0.435. The molecule has 2 aliphatic rings. The Bertz CT molecular complexity index is 1320. The molecule has 3 heterocycles. The zero-order chi connectivity index (χ0) is 27.7. The van der Waals surface area contributed by atoms with E-state index in [-0.39, 0.29) is 6.54 Å². The summed E-state index contributed by atoms with van der Waals surface area (Å²) in [4.78, 5) is 26.4. The van der Waals surface area contributed by atoms with E-state index in [9.17, 15) is 4.79 Å². The number of para-hydroxylation sites is 1. The standard InChI is InChI=1S/C31H36N4O5/c1-23-6-5-7-24(2)30(23)40-31(36)35-12-3-4-16-38-22-26-20-25(21-28-32-11-10-29(35)33-28)8-9-27(26)39-19-15-34-13-17-37-18-14-34/h3-11,20H,12-19,21-22H2,1-2H3/b4-3-. The average Bonchev–Trinajstić information content (AvgIpc) is 2.96. The molecule has 9 nitrogen and oxygen atoms in total. The van der Waals surface area contributed by atoms with Crippen molar-refractivity contribution >= 4 is 11.9 Å². The Morgan fingerprint density at radius 2 is 1.85 bits per heavy atom. The van der Waals surface area contributed by atoms with E-state index in [1.807, 2.05) is 56.3 Å². The maximum absolute atomic E-state index is 13.3. The van der Waals surface area contributed by atoms with Crippen LogP contribution in [0.2, 0.25) is 0 Å². The summed E-state index contributed by atoms with van der Waals surface area (Å²) >= 11 is 0. The highest BCUT2D eigenvalue weighted by atomic mass is 16.6. The van der Waals surface area contributed by atoms with E-state index in [0.29, 0.717) is 43.6 Å². The number of nitrogens with zero attached hydrogens (tertiary/aromatic N) is 4. The first-order valence-corrected chi connectivity index (χ1v) is 13.7. The molecule has 1 fully saturated rings. The number of fused-ring (bicyclic) bond motifs is 4. The van der Waals surface area contributed by atoms with E-state index in [1.54, 1.807) is 12.3 Å². The Morgan fingerprint density at radius 1 is 1.02 bits per heavy atom. The van der Waals surface area contributed by atoms with Gasteiger partial charge in [-0.15, -0.1) is 0 Å². The van der Waals surface area contributed by atoms with Crippen LogP contribution < -0.4 is 14.4 Å². The molecule has 0 aliphatic carbocycles. The summed E-state index contributed by atoms with van der Waals surface area (Å²) in [6.45, 7) is 9.81. The van der Waals surface area contributed by atoms with Crippen molar-refractivity contribution in [2.24, 2.45) is 0 Å². The number of hydrogen-bond acceptors (Lipinski definition) is 8. The van der Waals surface area contributed by atoms with E-state index in [0.717, 1.165) is 60.9 Å². The highest BCUT2D eigenvalue weighted by Gasteiger charge is 2.21. The molecular weight excluding hydrogens is 508 g/mol. The molecule has 1 saturated heterocycles. The second-order valence-corrected chi connectivity index (χ2v) is 9.94. The molecule has 0 unspecified atom stereocenters. The lowest BCUT2D eigenvalue weighted by atomic mass is 10.1. The van der Waals surface area contributed by atoms with Gasteiger partial charge < -0.3 is 18.9 Å². The first-order valence-electron chi connectivity index (χ1n) is 13.7. The number of aromatic nitrogens is 2. The normalized spacial score (nSPS) is 17.1. The highest BCUT2D eigenvalue weighted by molar-refractivity contribution is 5.88. The van der Waals surface area contributed by atoms with Gasteiger partial charge in [-0.1, -0.05) is 36.4 Å². The van der Waals surface area contributed by atoms with Crippen LogP contribution in [-0.4, -0.2) is 73.6 Å². The van der Waals surface area contributed by atoms with Gasteiger partial charge in [0.25, 0.3) is 0 Å². The second-order valence-electron chi connectivity index (χ2n) is 9.94. The number of anilines is 1. The topological polar surface area (TPSA) is 86.2 Å². The van der Waals surface area contributed by atoms with Crippen LogP contribution in [0, 0.1) is 13.8 Å². The van der Waals surface area contributed by atoms with Gasteiger partial charge in [0.2, 0.25) is 0 Å². The first kappa shape index (κ1) is 27.8. The predicted octanol–water partition coefficient (Wildman–Crippen LogP) is 4.49. The molecule has 5 rings (SSSR count). The van der Waals surface area contributed by atoms with Crippen molar-refractivity contribution in [3.8, 4) is 11.5 Å². The van der Waals surface area contributed by atoms with Crippen LogP contribution in [0.1, 0.15) is 28.1 Å². The summed E-state index contributed by atoms with van der Waals surface area (Å²) in [7, 11) is 0. The van der Waals surface area contributed by atoms with Crippen LogP contribution >= 0.6 is 0 Å². The van der Waals surface area contributed by atoms with Gasteiger partial charge in [0, 0.05) is 44.4 Å². The van der Waals surface area contributed by atoms with Gasteiger partial charge >= 0.3 is 6.09 Å². The molecule has 0 N–H and O–H groups in total. The number of rotatable bonds is 5. The van der Waals surface area contributed by atoms with Crippen LogP contribution in [0.5, 0.6) is 11.5 Å². The van der Waals surface area contributed by atoms with Crippen LogP contribution in [0.15, 0.2) is 60.8 Å². The molecule has 0 radical (unpaired) electrons. The van der Waals surface area contributed by atoms with Crippen molar-refractivity contribution in [2.75, 3.05) is 57.5 Å². The van der Waals surface area contributed by atoms with Gasteiger partial charge in [-0.25, -0.2) is 14.8 Å². The fraction of sp³-hybridized carbons (Fsp3) is 0.387. The Hall–Kier alpha value is -3.79. The van der Waals surface area contributed by atoms with E-state index in [1.165, 1.54) is 4.90 Å². The van der Waals surface area contributed by atoms with Crippen molar-refractivity contribution in [1.82, 2.24) is 14.9 Å². The number of morpholine rings is 1. The van der Waals surface area contributed by atoms with Gasteiger partial charge in [0.05, 0.1) is 26.4 Å². The molecule has 0 atom stereocenters.